The van der Waals surface area contributed by atoms with E-state index >= 15 is 0 Å². The second-order valence-corrected chi connectivity index (χ2v) is 5.32. The number of aryl methyl sites for hydroxylation is 3. The summed E-state index contributed by atoms with van der Waals surface area (Å²) in [7, 11) is 2.02. The lowest BCUT2D eigenvalue weighted by molar-refractivity contribution is 0.571. The van der Waals surface area contributed by atoms with Crippen LogP contribution >= 0.6 is 0 Å². The van der Waals surface area contributed by atoms with Crippen molar-refractivity contribution in [2.24, 2.45) is 7.05 Å². The molecule has 0 aliphatic rings. The molecule has 2 aromatic rings. The zero-order valence-corrected chi connectivity index (χ0v) is 13.0. The summed E-state index contributed by atoms with van der Waals surface area (Å²) in [5, 5.41) is 8.05. The van der Waals surface area contributed by atoms with E-state index in [2.05, 4.69) is 54.6 Å². The Balaban J connectivity index is 2.37. The van der Waals surface area contributed by atoms with Crippen LogP contribution in [0.3, 0.4) is 0 Å². The quantitative estimate of drug-likeness (QED) is 0.873. The number of aromatic nitrogens is 2. The van der Waals surface area contributed by atoms with E-state index in [1.807, 2.05) is 18.7 Å². The molecule has 0 saturated carbocycles. The summed E-state index contributed by atoms with van der Waals surface area (Å²) in [5.74, 6) is 0. The average molecular weight is 271 g/mol. The number of nitrogens with zero attached hydrogens (tertiary/aromatic N) is 2. The van der Waals surface area contributed by atoms with Crippen LogP contribution in [0.15, 0.2) is 30.3 Å². The van der Waals surface area contributed by atoms with Crippen molar-refractivity contribution in [1.82, 2.24) is 15.1 Å². The van der Waals surface area contributed by atoms with Crippen LogP contribution in [0.2, 0.25) is 0 Å². The number of nitrogens with one attached hydrogen (secondary N) is 1. The van der Waals surface area contributed by atoms with Gasteiger partial charge in [-0.15, -0.1) is 0 Å². The van der Waals surface area contributed by atoms with Gasteiger partial charge in [-0.2, -0.15) is 5.10 Å². The smallest absolute Gasteiger partial charge is 0.0748 e. The van der Waals surface area contributed by atoms with Crippen molar-refractivity contribution < 1.29 is 0 Å². The lowest BCUT2D eigenvalue weighted by Crippen LogP contribution is -2.24. The lowest BCUT2D eigenvalue weighted by Gasteiger charge is -2.19. The van der Waals surface area contributed by atoms with Crippen molar-refractivity contribution in [3.05, 3.63) is 52.8 Å². The summed E-state index contributed by atoms with van der Waals surface area (Å²) in [6.07, 6.45) is 2.32. The van der Waals surface area contributed by atoms with E-state index < -0.39 is 0 Å². The Morgan fingerprint density at radius 2 is 2.05 bits per heavy atom. The van der Waals surface area contributed by atoms with E-state index in [0.29, 0.717) is 0 Å². The first-order chi connectivity index (χ1) is 9.65. The van der Waals surface area contributed by atoms with Crippen molar-refractivity contribution in [2.45, 2.75) is 39.7 Å². The topological polar surface area (TPSA) is 29.9 Å². The minimum Gasteiger partial charge on any atom is -0.305 e. The highest BCUT2D eigenvalue weighted by atomic mass is 15.3. The molecule has 2 rings (SSSR count). The minimum absolute atomic E-state index is 0.211. The molecule has 0 bridgehead atoms. The van der Waals surface area contributed by atoms with E-state index in [4.69, 9.17) is 0 Å². The molecule has 3 nitrogen and oxygen atoms in total. The summed E-state index contributed by atoms with van der Waals surface area (Å²) < 4.78 is 1.98. The van der Waals surface area contributed by atoms with Crippen LogP contribution in [-0.2, 0) is 13.5 Å². The maximum atomic E-state index is 4.48. The van der Waals surface area contributed by atoms with E-state index in [1.54, 1.807) is 0 Å². The van der Waals surface area contributed by atoms with Gasteiger partial charge in [0.15, 0.2) is 0 Å². The highest BCUT2D eigenvalue weighted by molar-refractivity contribution is 5.32. The first kappa shape index (κ1) is 14.8. The third-order valence-electron chi connectivity index (χ3n) is 3.57. The molecule has 0 aliphatic heterocycles. The van der Waals surface area contributed by atoms with E-state index in [-0.39, 0.29) is 6.04 Å². The molecule has 108 valence electrons. The van der Waals surface area contributed by atoms with Gasteiger partial charge in [0.05, 0.1) is 17.4 Å². The molecule has 20 heavy (non-hydrogen) atoms. The standard InChI is InChI=1S/C17H25N3/c1-5-8-14-9-7-10-15(12-14)17(18-6-2)16-11-13(3)19-20(16)4/h7,9-12,17-18H,5-6,8H2,1-4H3. The van der Waals surface area contributed by atoms with Crippen LogP contribution in [-0.4, -0.2) is 16.3 Å². The van der Waals surface area contributed by atoms with Crippen molar-refractivity contribution in [1.29, 1.82) is 0 Å². The lowest BCUT2D eigenvalue weighted by atomic mass is 9.99. The summed E-state index contributed by atoms with van der Waals surface area (Å²) in [6.45, 7) is 7.35. The zero-order chi connectivity index (χ0) is 14.5. The molecule has 1 N–H and O–H groups in total. The van der Waals surface area contributed by atoms with E-state index in [1.165, 1.54) is 23.2 Å². The van der Waals surface area contributed by atoms with Gasteiger partial charge in [-0.1, -0.05) is 44.5 Å². The molecule has 0 saturated heterocycles. The monoisotopic (exact) mass is 271 g/mol. The third kappa shape index (κ3) is 3.28. The molecule has 1 atom stereocenters. The fourth-order valence-corrected chi connectivity index (χ4v) is 2.71. The van der Waals surface area contributed by atoms with Gasteiger partial charge < -0.3 is 5.32 Å². The molecule has 1 aromatic heterocycles. The second-order valence-electron chi connectivity index (χ2n) is 5.32. The Morgan fingerprint density at radius 1 is 1.25 bits per heavy atom. The van der Waals surface area contributed by atoms with Gasteiger partial charge in [-0.3, -0.25) is 4.68 Å². The van der Waals surface area contributed by atoms with Gasteiger partial charge in [0.1, 0.15) is 0 Å². The fraction of sp³-hybridized carbons (Fsp3) is 0.471. The summed E-state index contributed by atoms with van der Waals surface area (Å²) in [6, 6.07) is 11.3. The largest absolute Gasteiger partial charge is 0.305 e. The van der Waals surface area contributed by atoms with Crippen molar-refractivity contribution in [2.75, 3.05) is 6.54 Å². The van der Waals surface area contributed by atoms with Gasteiger partial charge in [-0.05, 0) is 37.1 Å². The molecule has 0 radical (unpaired) electrons. The Morgan fingerprint density at radius 3 is 2.65 bits per heavy atom. The Kier molecular flexibility index (Phi) is 4.96. The molecule has 0 amide bonds. The van der Waals surface area contributed by atoms with Crippen LogP contribution in [0.1, 0.15) is 48.8 Å². The summed E-state index contributed by atoms with van der Waals surface area (Å²) >= 11 is 0. The van der Waals surface area contributed by atoms with Crippen molar-refractivity contribution in [3.8, 4) is 0 Å². The Labute approximate surface area is 122 Å². The SMILES string of the molecule is CCCc1cccc(C(NCC)c2cc(C)nn2C)c1. The normalized spacial score (nSPS) is 12.6. The van der Waals surface area contributed by atoms with E-state index in [9.17, 15) is 0 Å². The van der Waals surface area contributed by atoms with Crippen molar-refractivity contribution >= 4 is 0 Å². The van der Waals surface area contributed by atoms with Gasteiger partial charge >= 0.3 is 0 Å². The van der Waals surface area contributed by atoms with Crippen molar-refractivity contribution in [3.63, 3.8) is 0 Å². The molecule has 1 heterocycles. The second kappa shape index (κ2) is 6.71. The maximum Gasteiger partial charge on any atom is 0.0748 e. The molecule has 1 aromatic carbocycles. The minimum atomic E-state index is 0.211. The van der Waals surface area contributed by atoms with Crippen LogP contribution in [0, 0.1) is 6.92 Å². The van der Waals surface area contributed by atoms with Crippen LogP contribution in [0.25, 0.3) is 0 Å². The Bertz CT molecular complexity index is 557. The number of benzene rings is 1. The molecular weight excluding hydrogens is 246 g/mol. The third-order valence-corrected chi connectivity index (χ3v) is 3.57. The summed E-state index contributed by atoms with van der Waals surface area (Å²) in [5.41, 5.74) is 5.01. The van der Waals surface area contributed by atoms with Crippen LogP contribution in [0.5, 0.6) is 0 Å². The summed E-state index contributed by atoms with van der Waals surface area (Å²) in [4.78, 5) is 0. The maximum absolute atomic E-state index is 4.48. The zero-order valence-electron chi connectivity index (χ0n) is 13.0. The highest BCUT2D eigenvalue weighted by Crippen LogP contribution is 2.23. The first-order valence-corrected chi connectivity index (χ1v) is 7.48. The molecule has 0 spiro atoms. The van der Waals surface area contributed by atoms with Gasteiger partial charge in [0.2, 0.25) is 0 Å². The number of hydrogen-bond donors (Lipinski definition) is 1. The molecule has 0 fully saturated rings. The fourth-order valence-electron chi connectivity index (χ4n) is 2.71. The predicted molar refractivity (Wildman–Crippen MR) is 83.9 cm³/mol. The average Bonchev–Trinajstić information content (AvgIpc) is 2.75. The Hall–Kier alpha value is -1.61. The van der Waals surface area contributed by atoms with Crippen LogP contribution in [0.4, 0.5) is 0 Å². The van der Waals surface area contributed by atoms with Gasteiger partial charge in [0.25, 0.3) is 0 Å². The highest BCUT2D eigenvalue weighted by Gasteiger charge is 2.17. The van der Waals surface area contributed by atoms with Crippen LogP contribution < -0.4 is 5.32 Å². The molecular formula is C17H25N3. The van der Waals surface area contributed by atoms with Gasteiger partial charge in [0, 0.05) is 7.05 Å². The molecule has 3 heteroatoms. The number of hydrogen-bond acceptors (Lipinski definition) is 2. The molecule has 1 unspecified atom stereocenters. The number of rotatable bonds is 6. The molecule has 0 aliphatic carbocycles. The first-order valence-electron chi connectivity index (χ1n) is 7.48. The van der Waals surface area contributed by atoms with E-state index in [0.717, 1.165) is 18.7 Å². The van der Waals surface area contributed by atoms with Gasteiger partial charge in [-0.25, -0.2) is 0 Å². The predicted octanol–water partition coefficient (Wildman–Crippen LogP) is 3.38.